The van der Waals surface area contributed by atoms with Gasteiger partial charge in [0.05, 0.1) is 0 Å². The van der Waals surface area contributed by atoms with Crippen LogP contribution in [0.15, 0.2) is 24.3 Å². The van der Waals surface area contributed by atoms with Crippen molar-refractivity contribution >= 4 is 5.91 Å². The predicted molar refractivity (Wildman–Crippen MR) is 78.0 cm³/mol. The molecular formula is C17H22N2O. The zero-order valence-electron chi connectivity index (χ0n) is 12.2. The van der Waals surface area contributed by atoms with E-state index < -0.39 is 0 Å². The molecule has 1 aliphatic heterocycles. The van der Waals surface area contributed by atoms with Gasteiger partial charge in [-0.1, -0.05) is 31.2 Å². The van der Waals surface area contributed by atoms with Crippen LogP contribution < -0.4 is 5.32 Å². The fourth-order valence-electron chi connectivity index (χ4n) is 3.51. The van der Waals surface area contributed by atoms with E-state index in [-0.39, 0.29) is 11.7 Å². The Morgan fingerprint density at radius 3 is 2.65 bits per heavy atom. The third kappa shape index (κ3) is 1.80. The summed E-state index contributed by atoms with van der Waals surface area (Å²) in [7, 11) is 0. The molecule has 3 fully saturated rings. The van der Waals surface area contributed by atoms with Crippen LogP contribution in [0, 0.1) is 18.8 Å². The van der Waals surface area contributed by atoms with Gasteiger partial charge < -0.3 is 4.90 Å². The van der Waals surface area contributed by atoms with E-state index in [9.17, 15) is 4.79 Å². The topological polar surface area (TPSA) is 32.3 Å². The number of hydrogen-bond acceptors (Lipinski definition) is 2. The molecule has 2 saturated carbocycles. The minimum atomic E-state index is -0.217. The average molecular weight is 270 g/mol. The molecule has 3 aliphatic rings. The maximum Gasteiger partial charge on any atom is 0.244 e. The van der Waals surface area contributed by atoms with Gasteiger partial charge in [0.15, 0.2) is 0 Å². The van der Waals surface area contributed by atoms with Gasteiger partial charge in [0.25, 0.3) is 0 Å². The zero-order chi connectivity index (χ0) is 13.9. The van der Waals surface area contributed by atoms with E-state index in [4.69, 9.17) is 0 Å². The Hall–Kier alpha value is -1.35. The van der Waals surface area contributed by atoms with Crippen LogP contribution in [0.4, 0.5) is 0 Å². The van der Waals surface area contributed by atoms with Gasteiger partial charge in [-0.3, -0.25) is 10.1 Å². The van der Waals surface area contributed by atoms with Crippen LogP contribution in [0.25, 0.3) is 0 Å². The largest absolute Gasteiger partial charge is 0.321 e. The number of carbonyl (C=O) groups excluding carboxylic acids is 1. The highest BCUT2D eigenvalue weighted by molar-refractivity contribution is 5.92. The Bertz CT molecular complexity index is 564. The summed E-state index contributed by atoms with van der Waals surface area (Å²) < 4.78 is 0. The van der Waals surface area contributed by atoms with Gasteiger partial charge in [0, 0.05) is 6.54 Å². The Morgan fingerprint density at radius 2 is 2.05 bits per heavy atom. The summed E-state index contributed by atoms with van der Waals surface area (Å²) in [4.78, 5) is 14.8. The minimum Gasteiger partial charge on any atom is -0.321 e. The molecule has 0 aromatic heterocycles. The summed E-state index contributed by atoms with van der Waals surface area (Å²) in [6.45, 7) is 5.35. The lowest BCUT2D eigenvalue weighted by molar-refractivity contribution is -0.131. The van der Waals surface area contributed by atoms with Crippen LogP contribution in [0.3, 0.4) is 0 Å². The lowest BCUT2D eigenvalue weighted by Gasteiger charge is -2.26. The molecule has 0 bridgehead atoms. The average Bonchev–Trinajstić information content (AvgIpc) is 3.31. The number of rotatable bonds is 3. The maximum atomic E-state index is 12.7. The van der Waals surface area contributed by atoms with Crippen molar-refractivity contribution < 1.29 is 4.79 Å². The molecule has 1 spiro atoms. The normalized spacial score (nSPS) is 33.8. The Kier molecular flexibility index (Phi) is 2.53. The summed E-state index contributed by atoms with van der Waals surface area (Å²) in [5, 5.41) is 3.62. The molecule has 3 nitrogen and oxygen atoms in total. The van der Waals surface area contributed by atoms with E-state index in [1.807, 2.05) is 0 Å². The molecule has 1 aromatic rings. The number of nitrogens with one attached hydrogen (secondary N) is 1. The number of hydrogen-bond donors (Lipinski definition) is 1. The summed E-state index contributed by atoms with van der Waals surface area (Å²) >= 11 is 0. The van der Waals surface area contributed by atoms with Crippen molar-refractivity contribution in [3.63, 3.8) is 0 Å². The van der Waals surface area contributed by atoms with E-state index >= 15 is 0 Å². The fourth-order valence-corrected chi connectivity index (χ4v) is 3.51. The molecule has 20 heavy (non-hydrogen) atoms. The van der Waals surface area contributed by atoms with Crippen molar-refractivity contribution in [1.82, 2.24) is 10.2 Å². The van der Waals surface area contributed by atoms with E-state index in [0.717, 1.165) is 25.3 Å². The lowest BCUT2D eigenvalue weighted by atomic mass is 10.1. The van der Waals surface area contributed by atoms with Gasteiger partial charge in [0.2, 0.25) is 5.91 Å². The molecule has 106 valence electrons. The number of carbonyl (C=O) groups is 1. The van der Waals surface area contributed by atoms with E-state index in [1.54, 1.807) is 0 Å². The van der Waals surface area contributed by atoms with Crippen LogP contribution >= 0.6 is 0 Å². The number of amides is 1. The fraction of sp³-hybridized carbons (Fsp3) is 0.588. The second-order valence-electron chi connectivity index (χ2n) is 6.92. The standard InChI is InChI=1S/C17H22N2O/c1-11-5-3-4-6-14(11)15-18-17(7-8-17)16(20)19(15)10-13-9-12(13)2/h3-6,12-13,15,18H,7-10H2,1-2H3. The Balaban J connectivity index is 1.65. The third-order valence-electron chi connectivity index (χ3n) is 5.34. The first-order chi connectivity index (χ1) is 9.61. The first-order valence-corrected chi connectivity index (χ1v) is 7.75. The monoisotopic (exact) mass is 270 g/mol. The van der Waals surface area contributed by atoms with Gasteiger partial charge in [-0.2, -0.15) is 0 Å². The molecule has 1 amide bonds. The van der Waals surface area contributed by atoms with Crippen molar-refractivity contribution in [2.75, 3.05) is 6.54 Å². The van der Waals surface area contributed by atoms with Crippen LogP contribution in [0.1, 0.15) is 43.5 Å². The molecule has 0 radical (unpaired) electrons. The summed E-state index contributed by atoms with van der Waals surface area (Å²) in [6.07, 6.45) is 3.37. The minimum absolute atomic E-state index is 0.0824. The molecule has 1 aromatic carbocycles. The molecular weight excluding hydrogens is 248 g/mol. The highest BCUT2D eigenvalue weighted by Crippen LogP contribution is 2.48. The Labute approximate surface area is 120 Å². The predicted octanol–water partition coefficient (Wildman–Crippen LogP) is 2.61. The molecule has 2 aliphatic carbocycles. The summed E-state index contributed by atoms with van der Waals surface area (Å²) in [5.74, 6) is 1.84. The van der Waals surface area contributed by atoms with Gasteiger partial charge >= 0.3 is 0 Å². The SMILES string of the molecule is Cc1ccccc1C1NC2(CC2)C(=O)N1CC1CC1C. The second kappa shape index (κ2) is 4.08. The van der Waals surface area contributed by atoms with Gasteiger partial charge in [0.1, 0.15) is 11.7 Å². The number of benzene rings is 1. The third-order valence-corrected chi connectivity index (χ3v) is 5.34. The van der Waals surface area contributed by atoms with Crippen LogP contribution in [-0.2, 0) is 4.79 Å². The van der Waals surface area contributed by atoms with Gasteiger partial charge in [-0.05, 0) is 49.1 Å². The molecule has 3 heteroatoms. The van der Waals surface area contributed by atoms with Crippen molar-refractivity contribution in [2.45, 2.75) is 44.8 Å². The first kappa shape index (κ1) is 12.4. The lowest BCUT2D eigenvalue weighted by Crippen LogP contribution is -2.34. The molecule has 1 heterocycles. The van der Waals surface area contributed by atoms with Gasteiger partial charge in [-0.15, -0.1) is 0 Å². The maximum absolute atomic E-state index is 12.7. The van der Waals surface area contributed by atoms with Crippen molar-refractivity contribution in [3.8, 4) is 0 Å². The number of aryl methyl sites for hydroxylation is 1. The van der Waals surface area contributed by atoms with Gasteiger partial charge in [-0.25, -0.2) is 0 Å². The van der Waals surface area contributed by atoms with E-state index in [1.165, 1.54) is 17.5 Å². The van der Waals surface area contributed by atoms with Crippen LogP contribution in [-0.4, -0.2) is 22.9 Å². The summed E-state index contributed by atoms with van der Waals surface area (Å²) in [5.41, 5.74) is 2.31. The molecule has 3 unspecified atom stereocenters. The first-order valence-electron chi connectivity index (χ1n) is 7.75. The Morgan fingerprint density at radius 1 is 1.35 bits per heavy atom. The van der Waals surface area contributed by atoms with Crippen molar-refractivity contribution in [3.05, 3.63) is 35.4 Å². The van der Waals surface area contributed by atoms with E-state index in [0.29, 0.717) is 11.8 Å². The second-order valence-corrected chi connectivity index (χ2v) is 6.92. The van der Waals surface area contributed by atoms with Crippen LogP contribution in [0.2, 0.25) is 0 Å². The molecule has 1 saturated heterocycles. The highest BCUT2D eigenvalue weighted by Gasteiger charge is 2.60. The molecule has 1 N–H and O–H groups in total. The smallest absolute Gasteiger partial charge is 0.244 e. The van der Waals surface area contributed by atoms with Crippen LogP contribution in [0.5, 0.6) is 0 Å². The quantitative estimate of drug-likeness (QED) is 0.915. The number of nitrogens with zero attached hydrogens (tertiary/aromatic N) is 1. The molecule has 3 atom stereocenters. The highest BCUT2D eigenvalue weighted by atomic mass is 16.2. The van der Waals surface area contributed by atoms with Crippen molar-refractivity contribution in [2.24, 2.45) is 11.8 Å². The zero-order valence-corrected chi connectivity index (χ0v) is 12.2. The summed E-state index contributed by atoms with van der Waals surface area (Å²) in [6, 6.07) is 8.43. The molecule has 4 rings (SSSR count). The van der Waals surface area contributed by atoms with E-state index in [2.05, 4.69) is 48.3 Å². The van der Waals surface area contributed by atoms with Crippen molar-refractivity contribution in [1.29, 1.82) is 0 Å².